The predicted molar refractivity (Wildman–Crippen MR) is 89.9 cm³/mol. The number of rotatable bonds is 3. The van der Waals surface area contributed by atoms with E-state index in [1.165, 1.54) is 11.3 Å². The van der Waals surface area contributed by atoms with Gasteiger partial charge in [-0.3, -0.25) is 4.79 Å². The Labute approximate surface area is 142 Å². The first-order valence-electron chi connectivity index (χ1n) is 7.38. The van der Waals surface area contributed by atoms with Gasteiger partial charge in [-0.05, 0) is 18.4 Å². The first kappa shape index (κ1) is 15.9. The zero-order chi connectivity index (χ0) is 16.2. The summed E-state index contributed by atoms with van der Waals surface area (Å²) in [5.74, 6) is -0.0776. The van der Waals surface area contributed by atoms with Crippen molar-refractivity contribution in [1.82, 2.24) is 14.8 Å². The van der Waals surface area contributed by atoms with Crippen molar-refractivity contribution in [3.05, 3.63) is 27.9 Å². The minimum absolute atomic E-state index is 0.0776. The minimum atomic E-state index is -0.312. The first-order valence-corrected chi connectivity index (χ1v) is 9.20. The molecule has 23 heavy (non-hydrogen) atoms. The van der Waals surface area contributed by atoms with Crippen molar-refractivity contribution in [3.8, 4) is 10.6 Å². The number of amides is 2. The normalized spacial score (nSPS) is 14.8. The van der Waals surface area contributed by atoms with E-state index in [1.807, 2.05) is 16.8 Å². The smallest absolute Gasteiger partial charge is 0.409 e. The third-order valence-corrected chi connectivity index (χ3v) is 5.16. The molecule has 3 rings (SSSR count). The fraction of sp³-hybridized carbons (Fsp3) is 0.400. The topological polar surface area (TPSA) is 62.7 Å². The van der Waals surface area contributed by atoms with Crippen molar-refractivity contribution >= 4 is 34.7 Å². The van der Waals surface area contributed by atoms with E-state index < -0.39 is 0 Å². The Balaban J connectivity index is 1.60. The molecule has 0 aliphatic carbocycles. The summed E-state index contributed by atoms with van der Waals surface area (Å²) in [6.45, 7) is 4.14. The van der Waals surface area contributed by atoms with Crippen molar-refractivity contribution in [2.45, 2.75) is 6.92 Å². The molecule has 0 saturated carbocycles. The second-order valence-corrected chi connectivity index (χ2v) is 6.67. The molecule has 2 aromatic rings. The second-order valence-electron chi connectivity index (χ2n) is 5.03. The number of hydrogen-bond acceptors (Lipinski definition) is 6. The first-order chi connectivity index (χ1) is 11.2. The van der Waals surface area contributed by atoms with Crippen LogP contribution < -0.4 is 0 Å². The summed E-state index contributed by atoms with van der Waals surface area (Å²) >= 11 is 3.08. The van der Waals surface area contributed by atoms with Gasteiger partial charge in [0.05, 0.1) is 6.61 Å². The molecule has 0 spiro atoms. The molecule has 0 radical (unpaired) electrons. The number of thiophene rings is 1. The molecule has 2 amide bonds. The summed E-state index contributed by atoms with van der Waals surface area (Å²) in [5.41, 5.74) is 1.52. The van der Waals surface area contributed by atoms with Gasteiger partial charge < -0.3 is 14.5 Å². The largest absolute Gasteiger partial charge is 0.450 e. The zero-order valence-electron chi connectivity index (χ0n) is 12.7. The summed E-state index contributed by atoms with van der Waals surface area (Å²) in [7, 11) is 0. The van der Waals surface area contributed by atoms with Gasteiger partial charge in [0.15, 0.2) is 0 Å². The minimum Gasteiger partial charge on any atom is -0.450 e. The van der Waals surface area contributed by atoms with Crippen LogP contribution in [0.3, 0.4) is 0 Å². The third kappa shape index (κ3) is 3.53. The van der Waals surface area contributed by atoms with Gasteiger partial charge in [-0.1, -0.05) is 0 Å². The van der Waals surface area contributed by atoms with Gasteiger partial charge in [-0.25, -0.2) is 9.78 Å². The molecule has 1 aliphatic rings. The number of carbonyl (C=O) groups excluding carboxylic acids is 2. The monoisotopic (exact) mass is 351 g/mol. The quantitative estimate of drug-likeness (QED) is 0.853. The number of thiazole rings is 1. The lowest BCUT2D eigenvalue weighted by Gasteiger charge is -2.33. The van der Waals surface area contributed by atoms with E-state index in [4.69, 9.17) is 4.74 Å². The molecule has 0 N–H and O–H groups in total. The highest BCUT2D eigenvalue weighted by Gasteiger charge is 2.26. The van der Waals surface area contributed by atoms with Gasteiger partial charge in [0, 0.05) is 42.5 Å². The lowest BCUT2D eigenvalue weighted by molar-refractivity contribution is 0.0566. The van der Waals surface area contributed by atoms with Crippen molar-refractivity contribution in [3.63, 3.8) is 0 Å². The van der Waals surface area contributed by atoms with E-state index in [0.717, 1.165) is 10.6 Å². The molecule has 3 heterocycles. The van der Waals surface area contributed by atoms with Crippen LogP contribution in [0.2, 0.25) is 0 Å². The Hall–Kier alpha value is -1.93. The Morgan fingerprint density at radius 3 is 2.61 bits per heavy atom. The van der Waals surface area contributed by atoms with E-state index in [9.17, 15) is 9.59 Å². The molecule has 1 saturated heterocycles. The predicted octanol–water partition coefficient (Wildman–Crippen LogP) is 2.79. The van der Waals surface area contributed by atoms with Crippen LogP contribution in [0.15, 0.2) is 22.2 Å². The van der Waals surface area contributed by atoms with Crippen molar-refractivity contribution in [2.75, 3.05) is 32.8 Å². The number of piperazine rings is 1. The van der Waals surface area contributed by atoms with Crippen LogP contribution in [0, 0.1) is 0 Å². The Morgan fingerprint density at radius 1 is 1.22 bits per heavy atom. The van der Waals surface area contributed by atoms with Crippen LogP contribution in [0.5, 0.6) is 0 Å². The molecule has 0 bridgehead atoms. The van der Waals surface area contributed by atoms with Gasteiger partial charge >= 0.3 is 6.09 Å². The molecular formula is C15H17N3O3S2. The fourth-order valence-electron chi connectivity index (χ4n) is 2.36. The van der Waals surface area contributed by atoms with E-state index in [0.29, 0.717) is 38.5 Å². The van der Waals surface area contributed by atoms with Crippen LogP contribution >= 0.6 is 22.7 Å². The molecule has 8 heteroatoms. The maximum atomic E-state index is 12.5. The average molecular weight is 351 g/mol. The van der Waals surface area contributed by atoms with Crippen molar-refractivity contribution in [1.29, 1.82) is 0 Å². The third-order valence-electron chi connectivity index (χ3n) is 3.58. The van der Waals surface area contributed by atoms with Gasteiger partial charge in [0.2, 0.25) is 0 Å². The summed E-state index contributed by atoms with van der Waals surface area (Å²) in [6.07, 6.45) is -0.312. The van der Waals surface area contributed by atoms with Gasteiger partial charge in [-0.2, -0.15) is 11.3 Å². The molecule has 0 atom stereocenters. The molecule has 1 fully saturated rings. The summed E-state index contributed by atoms with van der Waals surface area (Å²) in [5, 5.41) is 6.67. The summed E-state index contributed by atoms with van der Waals surface area (Å²) < 4.78 is 4.98. The van der Waals surface area contributed by atoms with Crippen molar-refractivity contribution < 1.29 is 14.3 Å². The molecule has 0 aromatic carbocycles. The summed E-state index contributed by atoms with van der Waals surface area (Å²) in [6, 6.07) is 2.00. The van der Waals surface area contributed by atoms with Gasteiger partial charge in [-0.15, -0.1) is 11.3 Å². The number of nitrogens with zero attached hydrogens (tertiary/aromatic N) is 3. The number of hydrogen-bond donors (Lipinski definition) is 0. The van der Waals surface area contributed by atoms with Crippen LogP contribution in [-0.2, 0) is 4.74 Å². The number of carbonyl (C=O) groups is 2. The van der Waals surface area contributed by atoms with E-state index in [2.05, 4.69) is 4.98 Å². The van der Waals surface area contributed by atoms with Crippen LogP contribution in [0.25, 0.3) is 10.6 Å². The van der Waals surface area contributed by atoms with Crippen LogP contribution in [-0.4, -0.2) is 59.6 Å². The highest BCUT2D eigenvalue weighted by atomic mass is 32.1. The molecule has 1 aliphatic heterocycles. The zero-order valence-corrected chi connectivity index (χ0v) is 14.4. The Bertz CT molecular complexity index is 676. The molecule has 0 unspecified atom stereocenters. The van der Waals surface area contributed by atoms with E-state index in [-0.39, 0.29) is 12.0 Å². The maximum Gasteiger partial charge on any atom is 0.409 e. The number of ether oxygens (including phenoxy) is 1. The Morgan fingerprint density at radius 2 is 1.96 bits per heavy atom. The Kier molecular flexibility index (Phi) is 4.92. The maximum absolute atomic E-state index is 12.5. The van der Waals surface area contributed by atoms with Crippen LogP contribution in [0.1, 0.15) is 17.4 Å². The van der Waals surface area contributed by atoms with Gasteiger partial charge in [0.1, 0.15) is 10.7 Å². The number of aromatic nitrogens is 1. The lowest BCUT2D eigenvalue weighted by atomic mass is 10.3. The van der Waals surface area contributed by atoms with Crippen molar-refractivity contribution in [2.24, 2.45) is 0 Å². The average Bonchev–Trinajstić information content (AvgIpc) is 3.25. The molecular weight excluding hydrogens is 334 g/mol. The van der Waals surface area contributed by atoms with E-state index in [1.54, 1.807) is 33.4 Å². The molecule has 122 valence electrons. The second kappa shape index (κ2) is 7.10. The lowest BCUT2D eigenvalue weighted by Crippen LogP contribution is -2.50. The summed E-state index contributed by atoms with van der Waals surface area (Å²) in [4.78, 5) is 32.0. The van der Waals surface area contributed by atoms with Crippen LogP contribution in [0.4, 0.5) is 4.79 Å². The van der Waals surface area contributed by atoms with Gasteiger partial charge in [0.25, 0.3) is 5.91 Å². The molecule has 2 aromatic heterocycles. The standard InChI is InChI=1S/C15H17N3O3S2/c1-2-21-15(20)18-6-4-17(5-7-18)14(19)12-10-23-13(16-12)11-3-8-22-9-11/h3,8-10H,2,4-7H2,1H3. The SMILES string of the molecule is CCOC(=O)N1CCN(C(=O)c2csc(-c3ccsc3)n2)CC1. The fourth-order valence-corrected chi connectivity index (χ4v) is 3.87. The highest BCUT2D eigenvalue weighted by molar-refractivity contribution is 7.14. The molecule has 6 nitrogen and oxygen atoms in total. The van der Waals surface area contributed by atoms with E-state index >= 15 is 0 Å². The highest BCUT2D eigenvalue weighted by Crippen LogP contribution is 2.26.